The van der Waals surface area contributed by atoms with Gasteiger partial charge in [-0.25, -0.2) is 4.98 Å². The van der Waals surface area contributed by atoms with Crippen LogP contribution in [0.5, 0.6) is 0 Å². The Morgan fingerprint density at radius 2 is 2.31 bits per heavy atom. The van der Waals surface area contributed by atoms with Crippen LogP contribution < -0.4 is 0 Å². The van der Waals surface area contributed by atoms with Crippen molar-refractivity contribution in [1.29, 1.82) is 0 Å². The number of carbonyl (C=O) groups is 1. The Morgan fingerprint density at radius 1 is 1.62 bits per heavy atom. The predicted octanol–water partition coefficient (Wildman–Crippen LogP) is 1.48. The highest BCUT2D eigenvalue weighted by Gasteiger charge is 2.10. The molecule has 1 aromatic rings. The summed E-state index contributed by atoms with van der Waals surface area (Å²) in [6.45, 7) is 0. The first kappa shape index (κ1) is 13.4. The molecule has 0 aliphatic rings. The third-order valence-electron chi connectivity index (χ3n) is 1.73. The molecule has 16 heavy (non-hydrogen) atoms. The fourth-order valence-electron chi connectivity index (χ4n) is 0.962. The number of aromatic nitrogens is 1. The highest BCUT2D eigenvalue weighted by atomic mass is 32.2. The molecule has 7 heteroatoms. The molecule has 0 bridgehead atoms. The van der Waals surface area contributed by atoms with E-state index in [1.54, 1.807) is 19.6 Å². The summed E-state index contributed by atoms with van der Waals surface area (Å²) in [4.78, 5) is 14.6. The molecule has 0 aromatic carbocycles. The van der Waals surface area contributed by atoms with Crippen LogP contribution in [0.1, 0.15) is 5.69 Å². The van der Waals surface area contributed by atoms with Gasteiger partial charge in [0.25, 0.3) is 0 Å². The number of hydrogen-bond donors (Lipinski definition) is 1. The average Bonchev–Trinajstić information content (AvgIpc) is 2.66. The van der Waals surface area contributed by atoms with Crippen molar-refractivity contribution in [3.63, 3.8) is 0 Å². The highest BCUT2D eigenvalue weighted by Crippen LogP contribution is 2.24. The Morgan fingerprint density at radius 3 is 2.88 bits per heavy atom. The second-order valence-electron chi connectivity index (χ2n) is 2.89. The standard InChI is InChI=1S/C9H13NO4S2/c1-13-8(14-2)5-16-9-10-6(4-15-9)3-7(11)12/h4,8H,3,5H2,1-2H3,(H,11,12). The normalized spacial score (nSPS) is 10.9. The molecule has 90 valence electrons. The van der Waals surface area contributed by atoms with Crippen LogP contribution in [-0.4, -0.2) is 42.3 Å². The number of carboxylic acids is 1. The van der Waals surface area contributed by atoms with Crippen LogP contribution in [0.25, 0.3) is 0 Å². The molecular formula is C9H13NO4S2. The molecule has 5 nitrogen and oxygen atoms in total. The maximum Gasteiger partial charge on any atom is 0.309 e. The lowest BCUT2D eigenvalue weighted by Crippen LogP contribution is -2.15. The molecule has 1 heterocycles. The zero-order chi connectivity index (χ0) is 12.0. The molecule has 0 radical (unpaired) electrons. The lowest BCUT2D eigenvalue weighted by atomic mass is 10.3. The minimum Gasteiger partial charge on any atom is -0.481 e. The van der Waals surface area contributed by atoms with Gasteiger partial charge in [-0.05, 0) is 0 Å². The first-order valence-corrected chi connectivity index (χ1v) is 6.36. The maximum absolute atomic E-state index is 10.5. The van der Waals surface area contributed by atoms with E-state index in [2.05, 4.69) is 4.98 Å². The summed E-state index contributed by atoms with van der Waals surface area (Å²) >= 11 is 2.92. The Hall–Kier alpha value is -0.630. The van der Waals surface area contributed by atoms with Crippen molar-refractivity contribution < 1.29 is 19.4 Å². The van der Waals surface area contributed by atoms with Gasteiger partial charge in [0, 0.05) is 19.6 Å². The summed E-state index contributed by atoms with van der Waals surface area (Å²) in [6.07, 6.45) is -0.300. The smallest absolute Gasteiger partial charge is 0.309 e. The quantitative estimate of drug-likeness (QED) is 0.593. The largest absolute Gasteiger partial charge is 0.481 e. The monoisotopic (exact) mass is 263 g/mol. The molecule has 0 aliphatic heterocycles. The fraction of sp³-hybridized carbons (Fsp3) is 0.556. The van der Waals surface area contributed by atoms with E-state index in [4.69, 9.17) is 14.6 Å². The molecule has 0 atom stereocenters. The van der Waals surface area contributed by atoms with Gasteiger partial charge in [0.1, 0.15) is 4.34 Å². The first-order chi connectivity index (χ1) is 7.65. The van der Waals surface area contributed by atoms with Crippen LogP contribution in [0.15, 0.2) is 9.72 Å². The Kier molecular flexibility index (Phi) is 5.75. The Bertz CT molecular complexity index is 338. The van der Waals surface area contributed by atoms with Crippen LogP contribution in [0, 0.1) is 0 Å². The van der Waals surface area contributed by atoms with Crippen LogP contribution in [0.4, 0.5) is 0 Å². The van der Waals surface area contributed by atoms with Gasteiger partial charge in [0.15, 0.2) is 6.29 Å². The van der Waals surface area contributed by atoms with E-state index >= 15 is 0 Å². The zero-order valence-electron chi connectivity index (χ0n) is 9.00. The van der Waals surface area contributed by atoms with E-state index in [0.29, 0.717) is 11.4 Å². The van der Waals surface area contributed by atoms with Crippen molar-refractivity contribution in [3.05, 3.63) is 11.1 Å². The highest BCUT2D eigenvalue weighted by molar-refractivity contribution is 8.01. The number of methoxy groups -OCH3 is 2. The van der Waals surface area contributed by atoms with Crippen LogP contribution in [0.2, 0.25) is 0 Å². The van der Waals surface area contributed by atoms with Gasteiger partial charge < -0.3 is 14.6 Å². The third-order valence-corrected chi connectivity index (χ3v) is 3.83. The van der Waals surface area contributed by atoms with E-state index in [9.17, 15) is 4.79 Å². The van der Waals surface area contributed by atoms with Gasteiger partial charge in [0.05, 0.1) is 17.9 Å². The number of hydrogen-bond acceptors (Lipinski definition) is 6. The average molecular weight is 263 g/mol. The van der Waals surface area contributed by atoms with E-state index in [0.717, 1.165) is 4.34 Å². The Balaban J connectivity index is 2.42. The van der Waals surface area contributed by atoms with Crippen molar-refractivity contribution in [2.24, 2.45) is 0 Å². The van der Waals surface area contributed by atoms with Crippen molar-refractivity contribution >= 4 is 29.1 Å². The van der Waals surface area contributed by atoms with Gasteiger partial charge in [-0.15, -0.1) is 11.3 Å². The predicted molar refractivity (Wildman–Crippen MR) is 62.0 cm³/mol. The van der Waals surface area contributed by atoms with Crippen molar-refractivity contribution in [1.82, 2.24) is 4.98 Å². The molecule has 0 fully saturated rings. The lowest BCUT2D eigenvalue weighted by molar-refractivity contribution is -0.136. The van der Waals surface area contributed by atoms with Gasteiger partial charge in [-0.2, -0.15) is 0 Å². The van der Waals surface area contributed by atoms with Gasteiger partial charge in [0.2, 0.25) is 0 Å². The molecule has 1 aromatic heterocycles. The van der Waals surface area contributed by atoms with E-state index in [1.165, 1.54) is 23.1 Å². The summed E-state index contributed by atoms with van der Waals surface area (Å²) < 4.78 is 10.9. The zero-order valence-corrected chi connectivity index (χ0v) is 10.6. The van der Waals surface area contributed by atoms with Crippen molar-refractivity contribution in [2.45, 2.75) is 17.1 Å². The summed E-state index contributed by atoms with van der Waals surface area (Å²) in [5.41, 5.74) is 0.589. The van der Waals surface area contributed by atoms with E-state index < -0.39 is 5.97 Å². The summed E-state index contributed by atoms with van der Waals surface area (Å²) in [7, 11) is 3.15. The molecule has 0 unspecified atom stereocenters. The van der Waals surface area contributed by atoms with Crippen molar-refractivity contribution in [3.8, 4) is 0 Å². The molecule has 0 amide bonds. The van der Waals surface area contributed by atoms with Gasteiger partial charge >= 0.3 is 5.97 Å². The first-order valence-electron chi connectivity index (χ1n) is 4.50. The number of thioether (sulfide) groups is 1. The third kappa shape index (κ3) is 4.48. The summed E-state index contributed by atoms with van der Waals surface area (Å²) in [6, 6.07) is 0. The minimum absolute atomic E-state index is 0.0327. The van der Waals surface area contributed by atoms with E-state index in [1.807, 2.05) is 0 Å². The Labute approximate surface area is 102 Å². The molecule has 0 spiro atoms. The van der Waals surface area contributed by atoms with Crippen LogP contribution in [-0.2, 0) is 20.7 Å². The number of ether oxygens (including phenoxy) is 2. The molecule has 0 saturated heterocycles. The maximum atomic E-state index is 10.5. The van der Waals surface area contributed by atoms with Gasteiger partial charge in [-0.3, -0.25) is 4.79 Å². The lowest BCUT2D eigenvalue weighted by Gasteiger charge is -2.10. The summed E-state index contributed by atoms with van der Waals surface area (Å²) in [5.74, 6) is -0.235. The van der Waals surface area contributed by atoms with Crippen LogP contribution in [0.3, 0.4) is 0 Å². The molecule has 1 N–H and O–H groups in total. The topological polar surface area (TPSA) is 68.7 Å². The molecule has 0 saturated carbocycles. The van der Waals surface area contributed by atoms with E-state index in [-0.39, 0.29) is 12.7 Å². The van der Waals surface area contributed by atoms with Crippen LogP contribution >= 0.6 is 23.1 Å². The number of aliphatic carboxylic acids is 1. The minimum atomic E-state index is -0.867. The van der Waals surface area contributed by atoms with Gasteiger partial charge in [-0.1, -0.05) is 11.8 Å². The second kappa shape index (κ2) is 6.85. The second-order valence-corrected chi connectivity index (χ2v) is 5.01. The summed E-state index contributed by atoms with van der Waals surface area (Å²) in [5, 5.41) is 10.3. The number of carboxylic acid groups (broad SMARTS) is 1. The molecular weight excluding hydrogens is 250 g/mol. The molecule has 1 rings (SSSR count). The fourth-order valence-corrected chi connectivity index (χ4v) is 2.86. The van der Waals surface area contributed by atoms with Crippen molar-refractivity contribution in [2.75, 3.05) is 20.0 Å². The number of rotatable bonds is 7. The molecule has 0 aliphatic carbocycles. The SMILES string of the molecule is COC(CSc1nc(CC(=O)O)cs1)OC. The number of nitrogens with zero attached hydrogens (tertiary/aromatic N) is 1. The number of thiazole rings is 1.